The summed E-state index contributed by atoms with van der Waals surface area (Å²) in [4.78, 5) is 4.37. The summed E-state index contributed by atoms with van der Waals surface area (Å²) in [7, 11) is 0. The molecule has 1 aliphatic heterocycles. The van der Waals surface area contributed by atoms with E-state index in [9.17, 15) is 4.39 Å². The summed E-state index contributed by atoms with van der Waals surface area (Å²) in [5.41, 5.74) is 8.72. The molecule has 0 amide bonds. The van der Waals surface area contributed by atoms with Gasteiger partial charge in [-0.1, -0.05) is 15.9 Å². The highest BCUT2D eigenvalue weighted by molar-refractivity contribution is 9.10. The number of nitrogen functional groups attached to an aromatic ring is 1. The first-order valence-electron chi connectivity index (χ1n) is 5.31. The van der Waals surface area contributed by atoms with Crippen molar-refractivity contribution in [3.8, 4) is 0 Å². The van der Waals surface area contributed by atoms with Crippen LogP contribution in [0.4, 0.5) is 10.1 Å². The van der Waals surface area contributed by atoms with E-state index >= 15 is 0 Å². The van der Waals surface area contributed by atoms with Gasteiger partial charge in [0, 0.05) is 27.5 Å². The quantitative estimate of drug-likeness (QED) is 0.813. The highest BCUT2D eigenvalue weighted by Gasteiger charge is 2.19. The normalized spacial score (nSPS) is 14.9. The minimum absolute atomic E-state index is 0.331. The first kappa shape index (κ1) is 10.9. The summed E-state index contributed by atoms with van der Waals surface area (Å²) in [5, 5.41) is 0.634. The second-order valence-electron chi connectivity index (χ2n) is 4.01. The molecular formula is C12H10BrFN2O. The Labute approximate surface area is 106 Å². The zero-order valence-corrected chi connectivity index (χ0v) is 10.6. The lowest BCUT2D eigenvalue weighted by Gasteiger charge is -2.19. The second-order valence-corrected chi connectivity index (χ2v) is 4.86. The molecule has 0 unspecified atom stereocenters. The predicted octanol–water partition coefficient (Wildman–Crippen LogP) is 2.79. The van der Waals surface area contributed by atoms with Gasteiger partial charge < -0.3 is 10.5 Å². The fraction of sp³-hybridized carbons (Fsp3) is 0.250. The van der Waals surface area contributed by atoms with Crippen LogP contribution in [-0.4, -0.2) is 11.6 Å². The van der Waals surface area contributed by atoms with Crippen LogP contribution < -0.4 is 5.73 Å². The number of hydrogen-bond donors (Lipinski definition) is 1. The van der Waals surface area contributed by atoms with Crippen LogP contribution in [0.1, 0.15) is 11.3 Å². The molecule has 0 atom stereocenters. The number of ether oxygens (including phenoxy) is 1. The minimum Gasteiger partial charge on any atom is -0.398 e. The molecule has 1 aliphatic rings. The van der Waals surface area contributed by atoms with E-state index in [0.717, 1.165) is 15.7 Å². The van der Waals surface area contributed by atoms with Crippen molar-refractivity contribution in [1.29, 1.82) is 0 Å². The molecule has 0 spiro atoms. The van der Waals surface area contributed by atoms with Crippen LogP contribution in [0.5, 0.6) is 0 Å². The molecule has 5 heteroatoms. The molecule has 2 N–H and O–H groups in total. The van der Waals surface area contributed by atoms with Crippen molar-refractivity contribution in [1.82, 2.24) is 4.98 Å². The lowest BCUT2D eigenvalue weighted by Crippen LogP contribution is -2.15. The Balaban J connectivity index is 2.44. The molecule has 0 radical (unpaired) electrons. The maximum Gasteiger partial charge on any atom is 0.149 e. The molecule has 0 saturated heterocycles. The van der Waals surface area contributed by atoms with Crippen molar-refractivity contribution in [3.63, 3.8) is 0 Å². The van der Waals surface area contributed by atoms with Crippen LogP contribution in [0.3, 0.4) is 0 Å². The molecule has 0 bridgehead atoms. The van der Waals surface area contributed by atoms with Crippen LogP contribution in [0.15, 0.2) is 16.6 Å². The van der Waals surface area contributed by atoms with Crippen molar-refractivity contribution < 1.29 is 9.13 Å². The number of halogens is 2. The number of fused-ring (bicyclic) bond motifs is 2. The van der Waals surface area contributed by atoms with Gasteiger partial charge in [0.05, 0.1) is 18.9 Å². The Kier molecular flexibility index (Phi) is 2.52. The summed E-state index contributed by atoms with van der Waals surface area (Å²) in [6.45, 7) is 1.06. The highest BCUT2D eigenvalue weighted by atomic mass is 79.9. The van der Waals surface area contributed by atoms with Gasteiger partial charge in [0.15, 0.2) is 0 Å². The van der Waals surface area contributed by atoms with Crippen molar-refractivity contribution in [3.05, 3.63) is 33.7 Å². The van der Waals surface area contributed by atoms with E-state index in [1.54, 1.807) is 6.07 Å². The van der Waals surface area contributed by atoms with E-state index in [2.05, 4.69) is 20.9 Å². The maximum absolute atomic E-state index is 13.7. The average Bonchev–Trinajstić information content (AvgIpc) is 2.34. The first-order valence-corrected chi connectivity index (χ1v) is 6.10. The molecular weight excluding hydrogens is 287 g/mol. The van der Waals surface area contributed by atoms with E-state index in [1.165, 1.54) is 6.07 Å². The van der Waals surface area contributed by atoms with E-state index in [1.807, 2.05) is 0 Å². The topological polar surface area (TPSA) is 48.1 Å². The van der Waals surface area contributed by atoms with Crippen molar-refractivity contribution in [2.75, 3.05) is 12.3 Å². The first-order chi connectivity index (χ1) is 8.18. The highest BCUT2D eigenvalue weighted by Crippen LogP contribution is 2.34. The molecule has 3 nitrogen and oxygen atoms in total. The third kappa shape index (κ3) is 1.61. The average molecular weight is 297 g/mol. The van der Waals surface area contributed by atoms with Gasteiger partial charge in [-0.15, -0.1) is 0 Å². The lowest BCUT2D eigenvalue weighted by molar-refractivity contribution is 0.110. The molecule has 17 heavy (non-hydrogen) atoms. The van der Waals surface area contributed by atoms with Crippen LogP contribution in [0.2, 0.25) is 0 Å². The Bertz CT molecular complexity index is 615. The summed E-state index contributed by atoms with van der Waals surface area (Å²) in [6.07, 6.45) is 0.682. The van der Waals surface area contributed by atoms with Crippen LogP contribution in [-0.2, 0) is 17.8 Å². The SMILES string of the molecule is Nc1c2c(nc3c(F)ccc(Br)c13)CCOC2. The van der Waals surface area contributed by atoms with E-state index in [4.69, 9.17) is 10.5 Å². The van der Waals surface area contributed by atoms with E-state index in [-0.39, 0.29) is 5.82 Å². The van der Waals surface area contributed by atoms with Gasteiger partial charge in [0.2, 0.25) is 0 Å². The van der Waals surface area contributed by atoms with Gasteiger partial charge in [0.25, 0.3) is 0 Å². The lowest BCUT2D eigenvalue weighted by atomic mass is 10.0. The van der Waals surface area contributed by atoms with E-state index in [0.29, 0.717) is 36.2 Å². The maximum atomic E-state index is 13.7. The molecule has 88 valence electrons. The van der Waals surface area contributed by atoms with Gasteiger partial charge in [-0.2, -0.15) is 0 Å². The number of rotatable bonds is 0. The molecule has 3 rings (SSSR count). The number of nitrogens with zero attached hydrogens (tertiary/aromatic N) is 1. The summed E-state index contributed by atoms with van der Waals surface area (Å²) in [6, 6.07) is 3.04. The summed E-state index contributed by atoms with van der Waals surface area (Å²) < 4.78 is 19.9. The van der Waals surface area contributed by atoms with Crippen LogP contribution >= 0.6 is 15.9 Å². The Morgan fingerprint density at radius 3 is 3.06 bits per heavy atom. The third-order valence-corrected chi connectivity index (χ3v) is 3.66. The van der Waals surface area contributed by atoms with Crippen LogP contribution in [0, 0.1) is 5.82 Å². The fourth-order valence-electron chi connectivity index (χ4n) is 2.13. The minimum atomic E-state index is -0.343. The summed E-state index contributed by atoms with van der Waals surface area (Å²) >= 11 is 3.38. The number of nitrogens with two attached hydrogens (primary N) is 1. The van der Waals surface area contributed by atoms with Gasteiger partial charge in [-0.3, -0.25) is 0 Å². The third-order valence-electron chi connectivity index (χ3n) is 3.00. The standard InChI is InChI=1S/C12H10BrFN2O/c13-7-1-2-8(14)12-10(7)11(15)6-5-17-4-3-9(6)16-12/h1-2H,3-5H2,(H2,15,16). The second kappa shape index (κ2) is 3.92. The Morgan fingerprint density at radius 1 is 1.41 bits per heavy atom. The number of aromatic nitrogens is 1. The van der Waals surface area contributed by atoms with Crippen molar-refractivity contribution in [2.45, 2.75) is 13.0 Å². The van der Waals surface area contributed by atoms with Crippen LogP contribution in [0.25, 0.3) is 10.9 Å². The molecule has 0 fully saturated rings. The van der Waals surface area contributed by atoms with Gasteiger partial charge >= 0.3 is 0 Å². The number of pyridine rings is 1. The molecule has 2 heterocycles. The molecule has 1 aromatic carbocycles. The molecule has 0 aliphatic carbocycles. The molecule has 1 aromatic heterocycles. The largest absolute Gasteiger partial charge is 0.398 e. The van der Waals surface area contributed by atoms with Crippen molar-refractivity contribution >= 4 is 32.5 Å². The zero-order valence-electron chi connectivity index (χ0n) is 8.96. The van der Waals surface area contributed by atoms with Gasteiger partial charge in [0.1, 0.15) is 11.3 Å². The fourth-order valence-corrected chi connectivity index (χ4v) is 2.66. The smallest absolute Gasteiger partial charge is 0.149 e. The van der Waals surface area contributed by atoms with Crippen molar-refractivity contribution in [2.24, 2.45) is 0 Å². The molecule has 2 aromatic rings. The van der Waals surface area contributed by atoms with Gasteiger partial charge in [-0.25, -0.2) is 9.37 Å². The monoisotopic (exact) mass is 296 g/mol. The van der Waals surface area contributed by atoms with Gasteiger partial charge in [-0.05, 0) is 12.1 Å². The Hall–Kier alpha value is -1.20. The number of anilines is 1. The predicted molar refractivity (Wildman–Crippen MR) is 67.2 cm³/mol. The number of hydrogen-bond acceptors (Lipinski definition) is 3. The number of benzene rings is 1. The summed E-state index contributed by atoms with van der Waals surface area (Å²) in [5.74, 6) is -0.343. The van der Waals surface area contributed by atoms with E-state index < -0.39 is 0 Å². The Morgan fingerprint density at radius 2 is 2.24 bits per heavy atom. The zero-order chi connectivity index (χ0) is 12.0. The molecule has 0 saturated carbocycles.